The second kappa shape index (κ2) is 5.82. The number of hydrogen-bond donors (Lipinski definition) is 3. The molecule has 0 saturated carbocycles. The molecule has 3 N–H and O–H groups in total. The van der Waals surface area contributed by atoms with Crippen LogP contribution in [-0.2, 0) is 0 Å². The van der Waals surface area contributed by atoms with Crippen LogP contribution in [0.1, 0.15) is 22.6 Å². The Labute approximate surface area is 133 Å². The summed E-state index contributed by atoms with van der Waals surface area (Å²) in [4.78, 5) is 0. The molecule has 3 aromatic carbocycles. The number of hydrogen-bond acceptors (Lipinski definition) is 3. The van der Waals surface area contributed by atoms with Crippen molar-refractivity contribution < 1.29 is 15.3 Å². The van der Waals surface area contributed by atoms with Gasteiger partial charge in [-0.25, -0.2) is 0 Å². The molecule has 0 aliphatic heterocycles. The van der Waals surface area contributed by atoms with Crippen LogP contribution in [0, 0.1) is 0 Å². The molecule has 0 radical (unpaired) electrons. The van der Waals surface area contributed by atoms with Gasteiger partial charge in [-0.05, 0) is 53.1 Å². The molecular weight excluding hydrogens is 276 g/mol. The van der Waals surface area contributed by atoms with E-state index in [9.17, 15) is 0 Å². The van der Waals surface area contributed by atoms with Gasteiger partial charge in [-0.2, -0.15) is 0 Å². The van der Waals surface area contributed by atoms with Gasteiger partial charge in [-0.15, -0.1) is 0 Å². The molecule has 0 heterocycles. The minimum absolute atomic E-state index is 0.0562. The van der Waals surface area contributed by atoms with Gasteiger partial charge in [-0.1, -0.05) is 36.4 Å². The highest BCUT2D eigenvalue weighted by Gasteiger charge is 2.16. The first-order valence-corrected chi connectivity index (χ1v) is 6.94. The van der Waals surface area contributed by atoms with E-state index >= 15 is 0 Å². The fraction of sp³-hybridized carbons (Fsp3) is 0.0526. The van der Waals surface area contributed by atoms with Gasteiger partial charge in [0.15, 0.2) is 0 Å². The van der Waals surface area contributed by atoms with Crippen LogP contribution in [0.15, 0.2) is 72.8 Å². The van der Waals surface area contributed by atoms with Crippen LogP contribution in [0.3, 0.4) is 0 Å². The van der Waals surface area contributed by atoms with Gasteiger partial charge in [-0.3, -0.25) is 0 Å². The molecule has 0 aliphatic rings. The van der Waals surface area contributed by atoms with E-state index in [1.54, 1.807) is 36.4 Å². The molecule has 0 saturated heterocycles. The van der Waals surface area contributed by atoms with E-state index in [-0.39, 0.29) is 5.92 Å². The Bertz CT molecular complexity index is 690. The predicted octanol–water partition coefficient (Wildman–Crippen LogP) is 3.98. The maximum atomic E-state index is 6.98. The molecule has 22 heavy (non-hydrogen) atoms. The monoisotopic (exact) mass is 295 g/mol. The Kier molecular flexibility index (Phi) is 2.84. The van der Waals surface area contributed by atoms with Crippen molar-refractivity contribution in [2.75, 3.05) is 0 Å². The van der Waals surface area contributed by atoms with Crippen molar-refractivity contribution in [2.24, 2.45) is 0 Å². The van der Waals surface area contributed by atoms with Crippen LogP contribution in [0.2, 0.25) is 0 Å². The fourth-order valence-electron chi connectivity index (χ4n) is 2.56. The summed E-state index contributed by atoms with van der Waals surface area (Å²) in [5, 5.41) is 13.5. The summed E-state index contributed by atoms with van der Waals surface area (Å²) in [7, 11) is 0. The third-order valence-corrected chi connectivity index (χ3v) is 3.64. The molecule has 0 amide bonds. The Balaban J connectivity index is 2.04. The topological polar surface area (TPSA) is 60.7 Å². The van der Waals surface area contributed by atoms with Gasteiger partial charge in [0, 0.05) is 5.92 Å². The fourth-order valence-corrected chi connectivity index (χ4v) is 2.56. The molecule has 3 heteroatoms. The summed E-state index contributed by atoms with van der Waals surface area (Å²) in [6, 6.07) is 22.0. The van der Waals surface area contributed by atoms with Crippen molar-refractivity contribution in [2.45, 2.75) is 5.92 Å². The lowest BCUT2D eigenvalue weighted by molar-refractivity contribution is 0.475. The lowest BCUT2D eigenvalue weighted by atomic mass is 9.85. The van der Waals surface area contributed by atoms with Crippen molar-refractivity contribution in [3.63, 3.8) is 0 Å². The van der Waals surface area contributed by atoms with Gasteiger partial charge in [0.25, 0.3) is 4.29 Å². The lowest BCUT2D eigenvalue weighted by Crippen LogP contribution is -2.03. The molecule has 0 aliphatic carbocycles. The molecular formula is C19H16O3. The van der Waals surface area contributed by atoms with Crippen molar-refractivity contribution in [3.05, 3.63) is 89.5 Å². The van der Waals surface area contributed by atoms with Crippen LogP contribution >= 0.6 is 0 Å². The van der Waals surface area contributed by atoms with Gasteiger partial charge in [0.2, 0.25) is 0 Å². The normalized spacial score (nSPS) is 12.1. The summed E-state index contributed by atoms with van der Waals surface area (Å²) in [5.41, 5.74) is 3.08. The first-order chi connectivity index (χ1) is 12.2. The van der Waals surface area contributed by atoms with Crippen LogP contribution in [-0.4, -0.2) is 19.6 Å². The highest BCUT2D eigenvalue weighted by atomic mass is 16.3. The molecule has 0 spiro atoms. The zero-order chi connectivity index (χ0) is 17.6. The Morgan fingerprint density at radius 2 is 0.773 bits per heavy atom. The second-order valence-electron chi connectivity index (χ2n) is 5.14. The molecule has 3 aromatic rings. The Morgan fingerprint density at radius 1 is 0.500 bits per heavy atom. The predicted molar refractivity (Wildman–Crippen MR) is 85.3 cm³/mol. The zero-order valence-corrected chi connectivity index (χ0v) is 11.7. The SMILES string of the molecule is [2H]Oc1ccc(C(c2ccc(O[2H])cc2)c2ccc(O[2H])cc2)cc1. The molecule has 0 unspecified atom stereocenters. The van der Waals surface area contributed by atoms with Crippen molar-refractivity contribution >= 4 is 0 Å². The zero-order valence-electron chi connectivity index (χ0n) is 14.7. The summed E-state index contributed by atoms with van der Waals surface area (Å²) in [5.74, 6) is 1.36. The second-order valence-corrected chi connectivity index (χ2v) is 5.14. The van der Waals surface area contributed by atoms with E-state index < -0.39 is 0 Å². The maximum absolute atomic E-state index is 6.98. The lowest BCUT2D eigenvalue weighted by Gasteiger charge is -2.19. The third kappa shape index (κ3) is 2.88. The highest BCUT2D eigenvalue weighted by molar-refractivity contribution is 5.46. The van der Waals surface area contributed by atoms with E-state index in [2.05, 4.69) is 15.3 Å². The number of benzene rings is 3. The number of rotatable bonds is 6. The van der Waals surface area contributed by atoms with Crippen LogP contribution < -0.4 is 0 Å². The van der Waals surface area contributed by atoms with E-state index in [0.29, 0.717) is 17.2 Å². The van der Waals surface area contributed by atoms with Crippen LogP contribution in [0.4, 0.5) is 0 Å². The van der Waals surface area contributed by atoms with Crippen LogP contribution in [0.25, 0.3) is 0 Å². The average molecular weight is 295 g/mol. The molecule has 0 aromatic heterocycles. The third-order valence-electron chi connectivity index (χ3n) is 3.64. The Morgan fingerprint density at radius 3 is 1.00 bits per heavy atom. The first-order valence-electron chi connectivity index (χ1n) is 8.17. The molecule has 0 bridgehead atoms. The van der Waals surface area contributed by atoms with Crippen molar-refractivity contribution in [1.82, 2.24) is 0 Å². The largest absolute Gasteiger partial charge is 0.508 e. The smallest absolute Gasteiger partial charge is 0.293 e. The minimum Gasteiger partial charge on any atom is -0.508 e. The standard InChI is InChI=1S/C19H16O3/c20-16-7-1-13(2-8-16)19(14-3-9-17(21)10-4-14)15-5-11-18(22)12-6-15/h1-12,19-22H/i/hD3. The minimum atomic E-state index is -0.0562. The summed E-state index contributed by atoms with van der Waals surface area (Å²) >= 11 is 0. The molecule has 110 valence electrons. The van der Waals surface area contributed by atoms with Crippen molar-refractivity contribution in [3.8, 4) is 17.2 Å². The summed E-state index contributed by atoms with van der Waals surface area (Å²) < 4.78 is 20.9. The Hall–Kier alpha value is -2.94. The van der Waals surface area contributed by atoms with Gasteiger partial charge < -0.3 is 15.3 Å². The average Bonchev–Trinajstić information content (AvgIpc) is 2.70. The summed E-state index contributed by atoms with van der Waals surface area (Å²) in [6.07, 6.45) is 0. The number of phenolic OH excluding ortho intramolecular Hbond substituents is 3. The molecule has 3 nitrogen and oxygen atoms in total. The van der Waals surface area contributed by atoms with Crippen LogP contribution in [0.5, 0.6) is 17.2 Å². The first kappa shape index (κ1) is 10.7. The highest BCUT2D eigenvalue weighted by Crippen LogP contribution is 2.34. The molecule has 0 atom stereocenters. The summed E-state index contributed by atoms with van der Waals surface area (Å²) in [6.45, 7) is 0. The van der Waals surface area contributed by atoms with E-state index in [1.165, 1.54) is 0 Å². The van der Waals surface area contributed by atoms with E-state index in [0.717, 1.165) is 16.7 Å². The number of phenols is 3. The van der Waals surface area contributed by atoms with Gasteiger partial charge in [0.05, 0.1) is 0 Å². The van der Waals surface area contributed by atoms with Gasteiger partial charge in [0.1, 0.15) is 17.2 Å². The van der Waals surface area contributed by atoms with Gasteiger partial charge >= 0.3 is 0 Å². The molecule has 0 fully saturated rings. The molecule has 3 rings (SSSR count). The van der Waals surface area contributed by atoms with E-state index in [4.69, 9.17) is 4.29 Å². The maximum Gasteiger partial charge on any atom is 0.293 e. The number of aromatic hydroxyl groups is 3. The van der Waals surface area contributed by atoms with E-state index in [1.807, 2.05) is 36.4 Å². The quantitative estimate of drug-likeness (QED) is 0.603. The van der Waals surface area contributed by atoms with Crippen molar-refractivity contribution in [1.29, 1.82) is 4.29 Å².